The van der Waals surface area contributed by atoms with E-state index in [2.05, 4.69) is 36.2 Å². The molecule has 0 saturated carbocycles. The summed E-state index contributed by atoms with van der Waals surface area (Å²) in [6, 6.07) is 18.2. The van der Waals surface area contributed by atoms with E-state index in [9.17, 15) is 4.79 Å². The lowest BCUT2D eigenvalue weighted by atomic mass is 9.98. The Hall–Kier alpha value is -2.33. The van der Waals surface area contributed by atoms with Gasteiger partial charge in [0.2, 0.25) is 5.91 Å². The first kappa shape index (κ1) is 20.0. The molecule has 1 unspecified atom stereocenters. The van der Waals surface area contributed by atoms with Crippen LogP contribution < -0.4 is 10.1 Å². The molecule has 0 aromatic heterocycles. The summed E-state index contributed by atoms with van der Waals surface area (Å²) in [6.07, 6.45) is 0.763. The van der Waals surface area contributed by atoms with Gasteiger partial charge in [-0.3, -0.25) is 9.69 Å². The molecule has 2 rings (SSSR count). The minimum atomic E-state index is -0.0591. The van der Waals surface area contributed by atoms with Crippen molar-refractivity contribution in [2.24, 2.45) is 0 Å². The zero-order valence-corrected chi connectivity index (χ0v) is 16.1. The van der Waals surface area contributed by atoms with E-state index in [0.717, 1.165) is 30.8 Å². The zero-order valence-electron chi connectivity index (χ0n) is 16.1. The second kappa shape index (κ2) is 10.6. The summed E-state index contributed by atoms with van der Waals surface area (Å²) in [6.45, 7) is 8.93. The van der Waals surface area contributed by atoms with Gasteiger partial charge >= 0.3 is 0 Å². The van der Waals surface area contributed by atoms with Crippen LogP contribution in [-0.4, -0.2) is 37.0 Å². The average molecular weight is 354 g/mol. The van der Waals surface area contributed by atoms with E-state index in [1.165, 1.54) is 5.56 Å². The molecule has 0 aliphatic carbocycles. The van der Waals surface area contributed by atoms with Gasteiger partial charge in [0.15, 0.2) is 0 Å². The lowest BCUT2D eigenvalue weighted by Gasteiger charge is -2.23. The van der Waals surface area contributed by atoms with Gasteiger partial charge in [0.1, 0.15) is 5.75 Å². The Morgan fingerprint density at radius 1 is 1.00 bits per heavy atom. The number of hydrogen-bond donors (Lipinski definition) is 1. The highest BCUT2D eigenvalue weighted by atomic mass is 16.5. The minimum absolute atomic E-state index is 0.0588. The van der Waals surface area contributed by atoms with Gasteiger partial charge in [0, 0.05) is 0 Å². The van der Waals surface area contributed by atoms with Crippen LogP contribution in [-0.2, 0) is 11.2 Å². The largest absolute Gasteiger partial charge is 0.494 e. The maximum atomic E-state index is 12.5. The van der Waals surface area contributed by atoms with Crippen molar-refractivity contribution in [1.82, 2.24) is 10.2 Å². The second-order valence-corrected chi connectivity index (χ2v) is 6.27. The predicted molar refractivity (Wildman–Crippen MR) is 106 cm³/mol. The standard InChI is InChI=1S/C22H30N2O2/c1-4-24(5-2)17-22(25)23-21(16-18-10-8-7-9-11-18)19-12-14-20(15-13-19)26-6-3/h7-15,21H,4-6,16-17H2,1-3H3,(H,23,25). The molecular formula is C22H30N2O2. The molecule has 0 bridgehead atoms. The van der Waals surface area contributed by atoms with Crippen LogP contribution in [0, 0.1) is 0 Å². The summed E-state index contributed by atoms with van der Waals surface area (Å²) in [5, 5.41) is 3.21. The molecule has 0 spiro atoms. The number of rotatable bonds is 10. The molecule has 2 aromatic carbocycles. The van der Waals surface area contributed by atoms with Gasteiger partial charge in [0.25, 0.3) is 0 Å². The fraction of sp³-hybridized carbons (Fsp3) is 0.409. The molecule has 0 aliphatic heterocycles. The third-order valence-corrected chi connectivity index (χ3v) is 4.47. The maximum Gasteiger partial charge on any atom is 0.234 e. The van der Waals surface area contributed by atoms with Crippen molar-refractivity contribution in [1.29, 1.82) is 0 Å². The molecule has 0 aliphatic rings. The number of benzene rings is 2. The van der Waals surface area contributed by atoms with Gasteiger partial charge in [-0.15, -0.1) is 0 Å². The lowest BCUT2D eigenvalue weighted by molar-refractivity contribution is -0.122. The Labute approximate surface area is 157 Å². The van der Waals surface area contributed by atoms with E-state index in [4.69, 9.17) is 4.74 Å². The van der Waals surface area contributed by atoms with Crippen LogP contribution in [0.2, 0.25) is 0 Å². The Morgan fingerprint density at radius 2 is 1.65 bits per heavy atom. The number of hydrogen-bond acceptors (Lipinski definition) is 3. The summed E-state index contributed by atoms with van der Waals surface area (Å²) in [7, 11) is 0. The van der Waals surface area contributed by atoms with Crippen molar-refractivity contribution in [3.8, 4) is 5.75 Å². The normalized spacial score (nSPS) is 12.0. The molecule has 0 radical (unpaired) electrons. The predicted octanol–water partition coefficient (Wildman–Crippen LogP) is 3.83. The number of carbonyl (C=O) groups excluding carboxylic acids is 1. The molecule has 1 N–H and O–H groups in total. The molecule has 0 heterocycles. The molecule has 4 nitrogen and oxygen atoms in total. The van der Waals surface area contributed by atoms with Crippen LogP contribution in [0.4, 0.5) is 0 Å². The van der Waals surface area contributed by atoms with Crippen molar-refractivity contribution in [3.63, 3.8) is 0 Å². The van der Waals surface area contributed by atoms with E-state index in [-0.39, 0.29) is 11.9 Å². The van der Waals surface area contributed by atoms with Crippen LogP contribution >= 0.6 is 0 Å². The van der Waals surface area contributed by atoms with Gasteiger partial charge < -0.3 is 10.1 Å². The highest BCUT2D eigenvalue weighted by molar-refractivity contribution is 5.78. The summed E-state index contributed by atoms with van der Waals surface area (Å²) < 4.78 is 5.53. The summed E-state index contributed by atoms with van der Waals surface area (Å²) in [5.41, 5.74) is 2.29. The third-order valence-electron chi connectivity index (χ3n) is 4.47. The quantitative estimate of drug-likeness (QED) is 0.705. The van der Waals surface area contributed by atoms with E-state index in [1.807, 2.05) is 49.4 Å². The fourth-order valence-electron chi connectivity index (χ4n) is 2.96. The third kappa shape index (κ3) is 6.19. The number of ether oxygens (including phenoxy) is 1. The fourth-order valence-corrected chi connectivity index (χ4v) is 2.96. The molecule has 0 fully saturated rings. The number of nitrogens with one attached hydrogen (secondary N) is 1. The monoisotopic (exact) mass is 354 g/mol. The van der Waals surface area contributed by atoms with E-state index in [0.29, 0.717) is 13.2 Å². The van der Waals surface area contributed by atoms with E-state index in [1.54, 1.807) is 0 Å². The minimum Gasteiger partial charge on any atom is -0.494 e. The lowest BCUT2D eigenvalue weighted by Crippen LogP contribution is -2.39. The maximum absolute atomic E-state index is 12.5. The van der Waals surface area contributed by atoms with Gasteiger partial charge in [0.05, 0.1) is 19.2 Å². The topological polar surface area (TPSA) is 41.6 Å². The smallest absolute Gasteiger partial charge is 0.234 e. The van der Waals surface area contributed by atoms with E-state index < -0.39 is 0 Å². The molecule has 140 valence electrons. The molecule has 26 heavy (non-hydrogen) atoms. The summed E-state index contributed by atoms with van der Waals surface area (Å²) in [5.74, 6) is 0.910. The van der Waals surface area contributed by atoms with Crippen molar-refractivity contribution in [2.45, 2.75) is 33.2 Å². The SMILES string of the molecule is CCOc1ccc(C(Cc2ccccc2)NC(=O)CN(CC)CC)cc1. The highest BCUT2D eigenvalue weighted by Crippen LogP contribution is 2.21. The summed E-state index contributed by atoms with van der Waals surface area (Å²) in [4.78, 5) is 14.7. The molecule has 2 aromatic rings. The van der Waals surface area contributed by atoms with Crippen molar-refractivity contribution in [3.05, 3.63) is 65.7 Å². The first-order chi connectivity index (χ1) is 12.7. The van der Waals surface area contributed by atoms with Crippen LogP contribution in [0.15, 0.2) is 54.6 Å². The number of nitrogens with zero attached hydrogens (tertiary/aromatic N) is 1. The molecule has 0 saturated heterocycles. The van der Waals surface area contributed by atoms with Crippen LogP contribution in [0.25, 0.3) is 0 Å². The molecule has 1 atom stereocenters. The molecular weight excluding hydrogens is 324 g/mol. The molecule has 1 amide bonds. The summed E-state index contributed by atoms with van der Waals surface area (Å²) >= 11 is 0. The van der Waals surface area contributed by atoms with Crippen LogP contribution in [0.3, 0.4) is 0 Å². The van der Waals surface area contributed by atoms with Gasteiger partial charge in [-0.05, 0) is 49.7 Å². The van der Waals surface area contributed by atoms with Gasteiger partial charge in [-0.25, -0.2) is 0 Å². The number of likely N-dealkylation sites (N-methyl/N-ethyl adjacent to an activating group) is 1. The average Bonchev–Trinajstić information content (AvgIpc) is 2.67. The second-order valence-electron chi connectivity index (χ2n) is 6.27. The first-order valence-electron chi connectivity index (χ1n) is 9.44. The highest BCUT2D eigenvalue weighted by Gasteiger charge is 2.17. The van der Waals surface area contributed by atoms with Gasteiger partial charge in [-0.2, -0.15) is 0 Å². The Morgan fingerprint density at radius 3 is 2.23 bits per heavy atom. The van der Waals surface area contributed by atoms with E-state index >= 15 is 0 Å². The van der Waals surface area contributed by atoms with Crippen LogP contribution in [0.5, 0.6) is 5.75 Å². The zero-order chi connectivity index (χ0) is 18.8. The number of amides is 1. The molecule has 4 heteroatoms. The van der Waals surface area contributed by atoms with Crippen molar-refractivity contribution < 1.29 is 9.53 Å². The van der Waals surface area contributed by atoms with Crippen LogP contribution in [0.1, 0.15) is 37.9 Å². The Kier molecular flexibility index (Phi) is 8.16. The Balaban J connectivity index is 2.14. The van der Waals surface area contributed by atoms with Crippen molar-refractivity contribution >= 4 is 5.91 Å². The number of carbonyl (C=O) groups is 1. The first-order valence-corrected chi connectivity index (χ1v) is 9.44. The van der Waals surface area contributed by atoms with Gasteiger partial charge in [-0.1, -0.05) is 56.3 Å². The Bertz CT molecular complexity index is 652. The van der Waals surface area contributed by atoms with Crippen molar-refractivity contribution in [2.75, 3.05) is 26.2 Å².